The molecule has 2 N–H and O–H groups in total. The van der Waals surface area contributed by atoms with Gasteiger partial charge < -0.3 is 15.0 Å². The lowest BCUT2D eigenvalue weighted by molar-refractivity contribution is -0.134. The monoisotopic (exact) mass is 446 g/mol. The van der Waals surface area contributed by atoms with E-state index >= 15 is 0 Å². The summed E-state index contributed by atoms with van der Waals surface area (Å²) in [5.74, 6) is 0.903. The molecule has 1 aliphatic rings. The third-order valence-electron chi connectivity index (χ3n) is 6.53. The summed E-state index contributed by atoms with van der Waals surface area (Å²) in [7, 11) is 0. The van der Waals surface area contributed by atoms with E-state index in [0.717, 1.165) is 53.7 Å². The summed E-state index contributed by atoms with van der Waals surface area (Å²) in [5.41, 5.74) is 5.44. The fraction of sp³-hybridized carbons (Fsp3) is 0.654. The van der Waals surface area contributed by atoms with E-state index in [0.29, 0.717) is 18.1 Å². The van der Waals surface area contributed by atoms with Crippen molar-refractivity contribution in [3.63, 3.8) is 0 Å². The molecule has 0 radical (unpaired) electrons. The average molecular weight is 447 g/mol. The molecule has 4 nitrogen and oxygen atoms in total. The number of rotatable bonds is 14. The maximum atomic E-state index is 12.5. The number of fused-ring (bicyclic) bond motifs is 3. The van der Waals surface area contributed by atoms with Crippen molar-refractivity contribution in [3.8, 4) is 5.75 Å². The third kappa shape index (κ3) is 6.41. The van der Waals surface area contributed by atoms with Crippen LogP contribution in [0.5, 0.6) is 5.75 Å². The first-order valence-corrected chi connectivity index (χ1v) is 12.9. The number of benzene rings is 1. The van der Waals surface area contributed by atoms with Gasteiger partial charge in [0.2, 0.25) is 0 Å². The molecule has 0 amide bonds. The molecule has 0 bridgehead atoms. The Balaban J connectivity index is 1.43. The summed E-state index contributed by atoms with van der Waals surface area (Å²) in [5, 5.41) is 4.58. The number of aryl methyl sites for hydroxylation is 1. The van der Waals surface area contributed by atoms with Gasteiger partial charge in [-0.2, -0.15) is 0 Å². The quantitative estimate of drug-likeness (QED) is 0.135. The van der Waals surface area contributed by atoms with Gasteiger partial charge in [-0.1, -0.05) is 71.1 Å². The average Bonchev–Trinajstić information content (AvgIpc) is 3.36. The molecular weight excluding hydrogens is 408 g/mol. The topological polar surface area (TPSA) is 54.1 Å². The van der Waals surface area contributed by atoms with Crippen molar-refractivity contribution in [2.45, 2.75) is 103 Å². The van der Waals surface area contributed by atoms with Crippen LogP contribution in [0.15, 0.2) is 6.07 Å². The molecule has 31 heavy (non-hydrogen) atoms. The van der Waals surface area contributed by atoms with E-state index in [4.69, 9.17) is 16.3 Å². The van der Waals surface area contributed by atoms with Gasteiger partial charge in [-0.05, 0) is 30.9 Å². The van der Waals surface area contributed by atoms with Gasteiger partial charge in [0.15, 0.2) is 5.75 Å². The van der Waals surface area contributed by atoms with E-state index in [1.54, 1.807) is 0 Å². The zero-order valence-corrected chi connectivity index (χ0v) is 20.1. The molecule has 0 fully saturated rings. The van der Waals surface area contributed by atoms with Crippen molar-refractivity contribution in [2.75, 3.05) is 11.9 Å². The van der Waals surface area contributed by atoms with Gasteiger partial charge in [0.1, 0.15) is 0 Å². The van der Waals surface area contributed by atoms with Gasteiger partial charge in [-0.15, -0.1) is 11.6 Å². The predicted molar refractivity (Wildman–Crippen MR) is 131 cm³/mol. The number of esters is 1. The predicted octanol–water partition coefficient (Wildman–Crippen LogP) is 7.79. The van der Waals surface area contributed by atoms with Crippen LogP contribution >= 0.6 is 11.6 Å². The Bertz CT molecular complexity index is 859. The van der Waals surface area contributed by atoms with Gasteiger partial charge in [0.05, 0.1) is 11.4 Å². The second-order valence-corrected chi connectivity index (χ2v) is 9.22. The molecule has 1 aliphatic heterocycles. The second-order valence-electron chi connectivity index (χ2n) is 8.95. The van der Waals surface area contributed by atoms with E-state index < -0.39 is 0 Å². The zero-order chi connectivity index (χ0) is 22.1. The first-order chi connectivity index (χ1) is 15.2. The zero-order valence-electron chi connectivity index (χ0n) is 19.4. The highest BCUT2D eigenvalue weighted by Crippen LogP contribution is 2.40. The van der Waals surface area contributed by atoms with Gasteiger partial charge in [0.25, 0.3) is 0 Å². The lowest BCUT2D eigenvalue weighted by Gasteiger charge is -2.10. The Morgan fingerprint density at radius 1 is 1.03 bits per heavy atom. The van der Waals surface area contributed by atoms with Crippen molar-refractivity contribution in [1.82, 2.24) is 4.98 Å². The van der Waals surface area contributed by atoms with Gasteiger partial charge in [-0.25, -0.2) is 0 Å². The standard InChI is InChI=1S/C26H39ClN2O2/c1-3-4-5-6-7-8-9-10-11-12-13-14-24(30)31-23-17-21-20(15-16-28-21)25-19(2)22(18-27)29-26(23)25/h17,28-29H,3-16,18H2,1-2H3. The molecule has 172 valence electrons. The number of hydrogen-bond acceptors (Lipinski definition) is 3. The molecule has 5 heteroatoms. The largest absolute Gasteiger partial charge is 0.424 e. The van der Waals surface area contributed by atoms with Crippen LogP contribution in [0, 0.1) is 6.92 Å². The van der Waals surface area contributed by atoms with Gasteiger partial charge >= 0.3 is 5.97 Å². The molecule has 3 rings (SSSR count). The number of unbranched alkanes of at least 4 members (excludes halogenated alkanes) is 10. The molecule has 0 saturated carbocycles. The van der Waals surface area contributed by atoms with Crippen molar-refractivity contribution in [3.05, 3.63) is 22.9 Å². The Morgan fingerprint density at radius 2 is 1.68 bits per heavy atom. The molecule has 0 unspecified atom stereocenters. The molecule has 0 saturated heterocycles. The van der Waals surface area contributed by atoms with Gasteiger partial charge in [-0.3, -0.25) is 4.79 Å². The van der Waals surface area contributed by atoms with Crippen LogP contribution in [0.1, 0.15) is 101 Å². The van der Waals surface area contributed by atoms with Crippen LogP contribution in [0.4, 0.5) is 5.69 Å². The van der Waals surface area contributed by atoms with Crippen LogP contribution in [0.25, 0.3) is 10.9 Å². The Labute approximate surface area is 192 Å². The maximum Gasteiger partial charge on any atom is 0.311 e. The molecule has 0 atom stereocenters. The number of anilines is 1. The second kappa shape index (κ2) is 12.4. The number of nitrogens with one attached hydrogen (secondary N) is 2. The number of hydrogen-bond donors (Lipinski definition) is 2. The third-order valence-corrected chi connectivity index (χ3v) is 6.80. The van der Waals surface area contributed by atoms with Crippen LogP contribution in [-0.4, -0.2) is 17.5 Å². The van der Waals surface area contributed by atoms with Crippen molar-refractivity contribution in [1.29, 1.82) is 0 Å². The molecule has 0 spiro atoms. The van der Waals surface area contributed by atoms with E-state index in [1.165, 1.54) is 63.4 Å². The summed E-state index contributed by atoms with van der Waals surface area (Å²) in [4.78, 5) is 15.9. The molecule has 0 aliphatic carbocycles. The highest BCUT2D eigenvalue weighted by Gasteiger charge is 2.22. The van der Waals surface area contributed by atoms with Gasteiger partial charge in [0, 0.05) is 35.8 Å². The lowest BCUT2D eigenvalue weighted by Crippen LogP contribution is -2.08. The number of carbonyl (C=O) groups is 1. The summed E-state index contributed by atoms with van der Waals surface area (Å²) in [6.45, 7) is 5.27. The Kier molecular flexibility index (Phi) is 9.57. The minimum Gasteiger partial charge on any atom is -0.424 e. The smallest absolute Gasteiger partial charge is 0.311 e. The molecule has 2 heterocycles. The van der Waals surface area contributed by atoms with Crippen LogP contribution in [0.3, 0.4) is 0 Å². The normalized spacial score (nSPS) is 12.9. The summed E-state index contributed by atoms with van der Waals surface area (Å²) >= 11 is 6.12. The van der Waals surface area contributed by atoms with Crippen LogP contribution in [-0.2, 0) is 17.1 Å². The van der Waals surface area contributed by atoms with Crippen LogP contribution in [0.2, 0.25) is 0 Å². The number of H-pyrrole nitrogens is 1. The number of aromatic amines is 1. The first kappa shape index (κ1) is 24.0. The van der Waals surface area contributed by atoms with Crippen molar-refractivity contribution < 1.29 is 9.53 Å². The number of carbonyl (C=O) groups excluding carboxylic acids is 1. The summed E-state index contributed by atoms with van der Waals surface area (Å²) in [6.07, 6.45) is 15.5. The lowest BCUT2D eigenvalue weighted by atomic mass is 10.0. The Hall–Kier alpha value is -1.68. The highest BCUT2D eigenvalue weighted by atomic mass is 35.5. The first-order valence-electron chi connectivity index (χ1n) is 12.3. The molecule has 2 aromatic rings. The van der Waals surface area contributed by atoms with Crippen molar-refractivity contribution in [2.24, 2.45) is 0 Å². The number of alkyl halides is 1. The molecule has 1 aromatic carbocycles. The van der Waals surface area contributed by atoms with Crippen LogP contribution < -0.4 is 10.1 Å². The summed E-state index contributed by atoms with van der Waals surface area (Å²) < 4.78 is 5.80. The number of ether oxygens (including phenoxy) is 1. The minimum absolute atomic E-state index is 0.144. The molecule has 1 aromatic heterocycles. The number of halogens is 1. The van der Waals surface area contributed by atoms with E-state index in [9.17, 15) is 4.79 Å². The van der Waals surface area contributed by atoms with E-state index in [1.807, 2.05) is 6.07 Å². The number of aromatic nitrogens is 1. The fourth-order valence-corrected chi connectivity index (χ4v) is 4.96. The fourth-order valence-electron chi connectivity index (χ4n) is 4.69. The summed E-state index contributed by atoms with van der Waals surface area (Å²) in [6, 6.07) is 1.97. The SMILES string of the molecule is CCCCCCCCCCCCCC(=O)Oc1cc2c(c3c(C)c(CCl)[nH]c13)CCN2. The minimum atomic E-state index is -0.144. The van der Waals surface area contributed by atoms with Crippen molar-refractivity contribution >= 4 is 34.2 Å². The van der Waals surface area contributed by atoms with E-state index in [2.05, 4.69) is 24.1 Å². The Morgan fingerprint density at radius 3 is 2.32 bits per heavy atom. The maximum absolute atomic E-state index is 12.5. The van der Waals surface area contributed by atoms with E-state index in [-0.39, 0.29) is 5.97 Å². The molecular formula is C26H39ClN2O2. The highest BCUT2D eigenvalue weighted by molar-refractivity contribution is 6.17.